The van der Waals surface area contributed by atoms with Crippen LogP contribution in [0.5, 0.6) is 0 Å². The minimum absolute atomic E-state index is 0.146. The van der Waals surface area contributed by atoms with Crippen molar-refractivity contribution >= 4 is 58.2 Å². The Hall–Kier alpha value is -2.47. The van der Waals surface area contributed by atoms with Crippen molar-refractivity contribution < 1.29 is 9.59 Å². The number of hydrogen-bond acceptors (Lipinski definition) is 3. The van der Waals surface area contributed by atoms with Crippen molar-refractivity contribution in [2.75, 3.05) is 16.4 Å². The van der Waals surface area contributed by atoms with Crippen LogP contribution in [0.25, 0.3) is 0 Å². The predicted octanol–water partition coefficient (Wildman–Crippen LogP) is 6.28. The topological polar surface area (TPSA) is 58.2 Å². The molecule has 0 aromatic heterocycles. The molecular weight excluding hydrogens is 427 g/mol. The number of amides is 2. The summed E-state index contributed by atoms with van der Waals surface area (Å²) in [6.07, 6.45) is 0. The van der Waals surface area contributed by atoms with E-state index in [1.165, 1.54) is 11.8 Å². The number of halogens is 2. The van der Waals surface area contributed by atoms with Crippen molar-refractivity contribution in [3.8, 4) is 0 Å². The van der Waals surface area contributed by atoms with Crippen molar-refractivity contribution in [2.24, 2.45) is 0 Å². The average molecular weight is 445 g/mol. The van der Waals surface area contributed by atoms with Gasteiger partial charge in [0.25, 0.3) is 5.91 Å². The Labute approximate surface area is 183 Å². The van der Waals surface area contributed by atoms with E-state index in [-0.39, 0.29) is 17.6 Å². The molecule has 0 aliphatic rings. The van der Waals surface area contributed by atoms with E-state index in [4.69, 9.17) is 23.2 Å². The Kier molecular flexibility index (Phi) is 7.20. The molecule has 0 heterocycles. The third-order valence-electron chi connectivity index (χ3n) is 4.00. The fourth-order valence-corrected chi connectivity index (χ4v) is 3.73. The standard InChI is InChI=1S/C22H18Cl2N2O2S/c1-14-6-9-16(10-7-14)25-21(27)13-29-20-5-3-2-4-17(20)22(28)26-19-12-15(23)8-11-18(19)24/h2-12H,13H2,1H3,(H,25,27)(H,26,28). The van der Waals surface area contributed by atoms with Gasteiger partial charge in [-0.15, -0.1) is 11.8 Å². The molecule has 148 valence electrons. The molecule has 3 aromatic carbocycles. The molecule has 7 heteroatoms. The number of rotatable bonds is 6. The Balaban J connectivity index is 1.66. The summed E-state index contributed by atoms with van der Waals surface area (Å²) >= 11 is 13.4. The smallest absolute Gasteiger partial charge is 0.256 e. The van der Waals surface area contributed by atoms with E-state index in [1.54, 1.807) is 36.4 Å². The van der Waals surface area contributed by atoms with E-state index in [0.717, 1.165) is 11.3 Å². The van der Waals surface area contributed by atoms with Crippen LogP contribution in [0.1, 0.15) is 15.9 Å². The Morgan fingerprint density at radius 1 is 0.931 bits per heavy atom. The van der Waals surface area contributed by atoms with Gasteiger partial charge < -0.3 is 10.6 Å². The van der Waals surface area contributed by atoms with Gasteiger partial charge in [-0.05, 0) is 49.4 Å². The highest BCUT2D eigenvalue weighted by Gasteiger charge is 2.14. The first kappa shape index (κ1) is 21.2. The Morgan fingerprint density at radius 3 is 2.41 bits per heavy atom. The van der Waals surface area contributed by atoms with Crippen LogP contribution in [0.2, 0.25) is 10.0 Å². The minimum Gasteiger partial charge on any atom is -0.325 e. The minimum atomic E-state index is -0.323. The summed E-state index contributed by atoms with van der Waals surface area (Å²) in [4.78, 5) is 25.7. The van der Waals surface area contributed by atoms with Gasteiger partial charge in [0.2, 0.25) is 5.91 Å². The molecule has 2 amide bonds. The van der Waals surface area contributed by atoms with Gasteiger partial charge in [-0.25, -0.2) is 0 Å². The highest BCUT2D eigenvalue weighted by molar-refractivity contribution is 8.00. The summed E-state index contributed by atoms with van der Waals surface area (Å²) in [6, 6.07) is 19.5. The van der Waals surface area contributed by atoms with E-state index < -0.39 is 0 Å². The number of carbonyl (C=O) groups is 2. The molecule has 0 fully saturated rings. The SMILES string of the molecule is Cc1ccc(NC(=O)CSc2ccccc2C(=O)Nc2cc(Cl)ccc2Cl)cc1. The third kappa shape index (κ3) is 6.00. The van der Waals surface area contributed by atoms with Crippen LogP contribution in [0, 0.1) is 6.92 Å². The summed E-state index contributed by atoms with van der Waals surface area (Å²) in [5.41, 5.74) is 2.75. The van der Waals surface area contributed by atoms with Crippen LogP contribution >= 0.6 is 35.0 Å². The van der Waals surface area contributed by atoms with E-state index in [2.05, 4.69) is 10.6 Å². The monoisotopic (exact) mass is 444 g/mol. The first-order chi connectivity index (χ1) is 13.9. The number of aryl methyl sites for hydroxylation is 1. The zero-order valence-corrected chi connectivity index (χ0v) is 17.9. The zero-order chi connectivity index (χ0) is 20.8. The molecule has 4 nitrogen and oxygen atoms in total. The maximum Gasteiger partial charge on any atom is 0.256 e. The molecule has 0 radical (unpaired) electrons. The lowest BCUT2D eigenvalue weighted by atomic mass is 10.2. The van der Waals surface area contributed by atoms with Crippen LogP contribution in [0.15, 0.2) is 71.6 Å². The number of carbonyl (C=O) groups excluding carboxylic acids is 2. The number of nitrogens with one attached hydrogen (secondary N) is 2. The van der Waals surface area contributed by atoms with E-state index in [1.807, 2.05) is 37.3 Å². The predicted molar refractivity (Wildman–Crippen MR) is 121 cm³/mol. The zero-order valence-electron chi connectivity index (χ0n) is 15.5. The lowest BCUT2D eigenvalue weighted by molar-refractivity contribution is -0.113. The van der Waals surface area contributed by atoms with Gasteiger partial charge in [-0.1, -0.05) is 53.0 Å². The average Bonchev–Trinajstić information content (AvgIpc) is 2.71. The van der Waals surface area contributed by atoms with Gasteiger partial charge >= 0.3 is 0 Å². The lowest BCUT2D eigenvalue weighted by Gasteiger charge is -2.11. The molecule has 3 aromatic rings. The maximum atomic E-state index is 12.7. The number of hydrogen-bond donors (Lipinski definition) is 2. The van der Waals surface area contributed by atoms with Crippen LogP contribution in [0.3, 0.4) is 0 Å². The van der Waals surface area contributed by atoms with Crippen molar-refractivity contribution in [1.29, 1.82) is 0 Å². The molecule has 0 unspecified atom stereocenters. The lowest BCUT2D eigenvalue weighted by Crippen LogP contribution is -2.16. The molecule has 3 rings (SSSR count). The first-order valence-electron chi connectivity index (χ1n) is 8.77. The molecule has 0 spiro atoms. The van der Waals surface area contributed by atoms with Crippen molar-refractivity contribution in [2.45, 2.75) is 11.8 Å². The number of thioether (sulfide) groups is 1. The summed E-state index contributed by atoms with van der Waals surface area (Å²) < 4.78 is 0. The molecule has 0 atom stereocenters. The van der Waals surface area contributed by atoms with Gasteiger partial charge in [0.1, 0.15) is 0 Å². The van der Waals surface area contributed by atoms with Gasteiger partial charge in [-0.3, -0.25) is 9.59 Å². The fourth-order valence-electron chi connectivity index (χ4n) is 2.54. The third-order valence-corrected chi connectivity index (χ3v) is 5.64. The number of anilines is 2. The van der Waals surface area contributed by atoms with Gasteiger partial charge in [0, 0.05) is 15.6 Å². The molecule has 0 saturated heterocycles. The quantitative estimate of drug-likeness (QED) is 0.439. The summed E-state index contributed by atoms with van der Waals surface area (Å²) in [7, 11) is 0. The van der Waals surface area contributed by atoms with Crippen LogP contribution in [-0.4, -0.2) is 17.6 Å². The molecule has 0 aliphatic carbocycles. The van der Waals surface area contributed by atoms with Crippen molar-refractivity contribution in [3.63, 3.8) is 0 Å². The van der Waals surface area contributed by atoms with Crippen molar-refractivity contribution in [1.82, 2.24) is 0 Å². The van der Waals surface area contributed by atoms with Gasteiger partial charge in [0.15, 0.2) is 0 Å². The molecule has 29 heavy (non-hydrogen) atoms. The first-order valence-corrected chi connectivity index (χ1v) is 10.5. The van der Waals surface area contributed by atoms with Crippen LogP contribution < -0.4 is 10.6 Å². The second-order valence-electron chi connectivity index (χ2n) is 6.28. The van der Waals surface area contributed by atoms with E-state index >= 15 is 0 Å². The summed E-state index contributed by atoms with van der Waals surface area (Å²) in [5.74, 6) is -0.293. The summed E-state index contributed by atoms with van der Waals surface area (Å²) in [5, 5.41) is 6.49. The van der Waals surface area contributed by atoms with Crippen molar-refractivity contribution in [3.05, 3.63) is 87.9 Å². The van der Waals surface area contributed by atoms with Gasteiger partial charge in [0.05, 0.1) is 22.0 Å². The second kappa shape index (κ2) is 9.83. The molecule has 0 aliphatic heterocycles. The van der Waals surface area contributed by atoms with Gasteiger partial charge in [-0.2, -0.15) is 0 Å². The van der Waals surface area contributed by atoms with Crippen LogP contribution in [0.4, 0.5) is 11.4 Å². The fraction of sp³-hybridized carbons (Fsp3) is 0.0909. The molecule has 0 saturated carbocycles. The summed E-state index contributed by atoms with van der Waals surface area (Å²) in [6.45, 7) is 1.99. The molecular formula is C22H18Cl2N2O2S. The Bertz CT molecular complexity index is 1040. The van der Waals surface area contributed by atoms with E-state index in [0.29, 0.717) is 26.2 Å². The van der Waals surface area contributed by atoms with Crippen LogP contribution in [-0.2, 0) is 4.79 Å². The largest absolute Gasteiger partial charge is 0.325 e. The highest BCUT2D eigenvalue weighted by atomic mass is 35.5. The van der Waals surface area contributed by atoms with E-state index in [9.17, 15) is 9.59 Å². The maximum absolute atomic E-state index is 12.7. The molecule has 0 bridgehead atoms. The molecule has 2 N–H and O–H groups in total. The highest BCUT2D eigenvalue weighted by Crippen LogP contribution is 2.28. The normalized spacial score (nSPS) is 10.4. The second-order valence-corrected chi connectivity index (χ2v) is 8.14. The number of benzene rings is 3. The Morgan fingerprint density at radius 2 is 1.66 bits per heavy atom.